The highest BCUT2D eigenvalue weighted by atomic mass is 127. The van der Waals surface area contributed by atoms with Crippen LogP contribution in [-0.2, 0) is 0 Å². The summed E-state index contributed by atoms with van der Waals surface area (Å²) in [4.78, 5) is 0. The highest BCUT2D eigenvalue weighted by Gasteiger charge is 2.19. The van der Waals surface area contributed by atoms with E-state index in [9.17, 15) is 0 Å². The average molecular weight is 267 g/mol. The minimum Gasteiger partial charge on any atom is -0.319 e. The van der Waals surface area contributed by atoms with Gasteiger partial charge in [-0.2, -0.15) is 0 Å². The molecule has 66 valence electrons. The molecule has 1 nitrogen and oxygen atoms in total. The van der Waals surface area contributed by atoms with E-state index >= 15 is 0 Å². The van der Waals surface area contributed by atoms with Crippen LogP contribution < -0.4 is 5.32 Å². The fourth-order valence-electron chi connectivity index (χ4n) is 1.88. The van der Waals surface area contributed by atoms with Crippen LogP contribution in [0.15, 0.2) is 0 Å². The fraction of sp³-hybridized carbons (Fsp3) is 1.00. The minimum atomic E-state index is 0.971. The number of hydrogen-bond donors (Lipinski definition) is 1. The van der Waals surface area contributed by atoms with E-state index in [4.69, 9.17) is 0 Å². The van der Waals surface area contributed by atoms with Gasteiger partial charge in [-0.05, 0) is 51.1 Å². The third-order valence-corrected chi connectivity index (χ3v) is 3.92. The first-order chi connectivity index (χ1) is 5.36. The molecule has 0 saturated heterocycles. The van der Waals surface area contributed by atoms with Crippen molar-refractivity contribution >= 4 is 22.6 Å². The molecule has 1 saturated carbocycles. The SMILES string of the molecule is CNCC1CCC(CI)CC1. The van der Waals surface area contributed by atoms with Crippen molar-refractivity contribution in [3.05, 3.63) is 0 Å². The molecule has 0 bridgehead atoms. The molecule has 2 heteroatoms. The summed E-state index contributed by atoms with van der Waals surface area (Å²) in [6.07, 6.45) is 5.84. The van der Waals surface area contributed by atoms with Crippen LogP contribution >= 0.6 is 22.6 Å². The smallest absolute Gasteiger partial charge is 0.00237 e. The van der Waals surface area contributed by atoms with Gasteiger partial charge in [0.05, 0.1) is 0 Å². The second-order valence-electron chi connectivity index (χ2n) is 3.60. The zero-order chi connectivity index (χ0) is 8.10. The van der Waals surface area contributed by atoms with Gasteiger partial charge < -0.3 is 5.32 Å². The van der Waals surface area contributed by atoms with Gasteiger partial charge in [-0.25, -0.2) is 0 Å². The summed E-state index contributed by atoms with van der Waals surface area (Å²) in [5, 5.41) is 3.27. The largest absolute Gasteiger partial charge is 0.319 e. The first-order valence-electron chi connectivity index (χ1n) is 4.57. The van der Waals surface area contributed by atoms with Crippen molar-refractivity contribution < 1.29 is 0 Å². The summed E-state index contributed by atoms with van der Waals surface area (Å²) >= 11 is 2.52. The summed E-state index contributed by atoms with van der Waals surface area (Å²) < 4.78 is 1.37. The Labute approximate surface area is 83.5 Å². The maximum atomic E-state index is 3.27. The van der Waals surface area contributed by atoms with Crippen LogP contribution in [0.4, 0.5) is 0 Å². The van der Waals surface area contributed by atoms with Crippen molar-refractivity contribution in [1.29, 1.82) is 0 Å². The van der Waals surface area contributed by atoms with E-state index in [0.717, 1.165) is 11.8 Å². The summed E-state index contributed by atoms with van der Waals surface area (Å²) in [6, 6.07) is 0. The van der Waals surface area contributed by atoms with Crippen LogP contribution in [0.25, 0.3) is 0 Å². The number of nitrogens with one attached hydrogen (secondary N) is 1. The minimum absolute atomic E-state index is 0.971. The van der Waals surface area contributed by atoms with E-state index in [1.54, 1.807) is 0 Å². The van der Waals surface area contributed by atoms with E-state index < -0.39 is 0 Å². The average Bonchev–Trinajstić information content (AvgIpc) is 2.07. The Morgan fingerprint density at radius 2 is 1.73 bits per heavy atom. The number of halogens is 1. The Kier molecular flexibility index (Phi) is 4.76. The van der Waals surface area contributed by atoms with Gasteiger partial charge >= 0.3 is 0 Å². The first-order valence-corrected chi connectivity index (χ1v) is 6.10. The molecule has 11 heavy (non-hydrogen) atoms. The van der Waals surface area contributed by atoms with E-state index in [2.05, 4.69) is 35.0 Å². The number of alkyl halides is 1. The highest BCUT2D eigenvalue weighted by molar-refractivity contribution is 14.1. The predicted molar refractivity (Wildman–Crippen MR) is 58.3 cm³/mol. The van der Waals surface area contributed by atoms with Crippen molar-refractivity contribution in [3.8, 4) is 0 Å². The van der Waals surface area contributed by atoms with Gasteiger partial charge in [-0.15, -0.1) is 0 Å². The molecule has 0 aromatic carbocycles. The maximum absolute atomic E-state index is 3.27. The van der Waals surface area contributed by atoms with Crippen molar-refractivity contribution in [2.75, 3.05) is 18.0 Å². The lowest BCUT2D eigenvalue weighted by Gasteiger charge is -2.26. The summed E-state index contributed by atoms with van der Waals surface area (Å²) in [7, 11) is 2.06. The Balaban J connectivity index is 2.14. The van der Waals surface area contributed by atoms with E-state index in [1.807, 2.05) is 0 Å². The molecule has 0 aromatic heterocycles. The van der Waals surface area contributed by atoms with Crippen LogP contribution in [0.1, 0.15) is 25.7 Å². The standard InChI is InChI=1S/C9H18IN/c1-11-7-9-4-2-8(6-10)3-5-9/h8-9,11H,2-7H2,1H3. The van der Waals surface area contributed by atoms with Gasteiger partial charge in [0.1, 0.15) is 0 Å². The molecule has 1 aliphatic rings. The lowest BCUT2D eigenvalue weighted by Crippen LogP contribution is -2.24. The van der Waals surface area contributed by atoms with Crippen LogP contribution in [0.3, 0.4) is 0 Å². The first kappa shape index (κ1) is 9.78. The van der Waals surface area contributed by atoms with Gasteiger partial charge in [-0.1, -0.05) is 22.6 Å². The molecular formula is C9H18IN. The van der Waals surface area contributed by atoms with Crippen LogP contribution in [0.5, 0.6) is 0 Å². The molecule has 1 aliphatic carbocycles. The molecule has 0 spiro atoms. The molecule has 0 atom stereocenters. The highest BCUT2D eigenvalue weighted by Crippen LogP contribution is 2.29. The topological polar surface area (TPSA) is 12.0 Å². The Morgan fingerprint density at radius 1 is 1.18 bits per heavy atom. The summed E-state index contributed by atoms with van der Waals surface area (Å²) in [5.41, 5.74) is 0. The molecule has 0 heterocycles. The van der Waals surface area contributed by atoms with Gasteiger partial charge in [-0.3, -0.25) is 0 Å². The predicted octanol–water partition coefficient (Wildman–Crippen LogP) is 2.45. The summed E-state index contributed by atoms with van der Waals surface area (Å²) in [6.45, 7) is 1.23. The lowest BCUT2D eigenvalue weighted by atomic mass is 9.83. The second-order valence-corrected chi connectivity index (χ2v) is 4.48. The maximum Gasteiger partial charge on any atom is 0.00237 e. The van der Waals surface area contributed by atoms with E-state index in [0.29, 0.717) is 0 Å². The number of rotatable bonds is 3. The third kappa shape index (κ3) is 3.28. The van der Waals surface area contributed by atoms with Gasteiger partial charge in [0.2, 0.25) is 0 Å². The Bertz CT molecular complexity index is 97.7. The third-order valence-electron chi connectivity index (χ3n) is 2.68. The van der Waals surface area contributed by atoms with Crippen LogP contribution in [0, 0.1) is 11.8 Å². The monoisotopic (exact) mass is 267 g/mol. The second kappa shape index (κ2) is 5.36. The molecule has 0 aliphatic heterocycles. The van der Waals surface area contributed by atoms with Gasteiger partial charge in [0.25, 0.3) is 0 Å². The Morgan fingerprint density at radius 3 is 2.18 bits per heavy atom. The molecule has 0 unspecified atom stereocenters. The molecule has 1 rings (SSSR count). The molecule has 0 aromatic rings. The van der Waals surface area contributed by atoms with Gasteiger partial charge in [0.15, 0.2) is 0 Å². The van der Waals surface area contributed by atoms with Crippen molar-refractivity contribution in [1.82, 2.24) is 5.32 Å². The van der Waals surface area contributed by atoms with Crippen molar-refractivity contribution in [2.24, 2.45) is 11.8 Å². The molecule has 0 radical (unpaired) electrons. The van der Waals surface area contributed by atoms with Crippen molar-refractivity contribution in [2.45, 2.75) is 25.7 Å². The Hall–Kier alpha value is 0.690. The quantitative estimate of drug-likeness (QED) is 0.611. The van der Waals surface area contributed by atoms with E-state index in [1.165, 1.54) is 36.7 Å². The fourth-order valence-corrected chi connectivity index (χ4v) is 2.76. The van der Waals surface area contributed by atoms with Gasteiger partial charge in [0, 0.05) is 4.43 Å². The normalized spacial score (nSPS) is 32.2. The zero-order valence-electron chi connectivity index (χ0n) is 7.28. The van der Waals surface area contributed by atoms with Crippen LogP contribution in [-0.4, -0.2) is 18.0 Å². The molecule has 0 amide bonds. The van der Waals surface area contributed by atoms with Crippen molar-refractivity contribution in [3.63, 3.8) is 0 Å². The van der Waals surface area contributed by atoms with Crippen LogP contribution in [0.2, 0.25) is 0 Å². The van der Waals surface area contributed by atoms with E-state index in [-0.39, 0.29) is 0 Å². The number of hydrogen-bond acceptors (Lipinski definition) is 1. The zero-order valence-corrected chi connectivity index (χ0v) is 9.43. The lowest BCUT2D eigenvalue weighted by molar-refractivity contribution is 0.291. The summed E-state index contributed by atoms with van der Waals surface area (Å²) in [5.74, 6) is 2.00. The molecule has 1 fully saturated rings. The molecule has 1 N–H and O–H groups in total. The molecular weight excluding hydrogens is 249 g/mol.